The molecule has 3 aromatic rings. The summed E-state index contributed by atoms with van der Waals surface area (Å²) in [5, 5.41) is 11.2. The summed E-state index contributed by atoms with van der Waals surface area (Å²) in [5.74, 6) is 0.322. The van der Waals surface area contributed by atoms with Gasteiger partial charge < -0.3 is 9.80 Å². The van der Waals surface area contributed by atoms with E-state index in [0.29, 0.717) is 38.0 Å². The average molecular weight is 502 g/mol. The minimum atomic E-state index is -0.481. The second-order valence-electron chi connectivity index (χ2n) is 9.14. The van der Waals surface area contributed by atoms with Crippen molar-refractivity contribution in [1.29, 1.82) is 0 Å². The van der Waals surface area contributed by atoms with Crippen molar-refractivity contribution in [3.63, 3.8) is 0 Å². The third-order valence-corrected chi connectivity index (χ3v) is 8.65. The van der Waals surface area contributed by atoms with Crippen LogP contribution in [0, 0.1) is 10.1 Å². The molecule has 0 aromatic heterocycles. The highest BCUT2D eigenvalue weighted by atomic mass is 32.2. The molecule has 0 atom stereocenters. The van der Waals surface area contributed by atoms with Crippen molar-refractivity contribution in [3.05, 3.63) is 112 Å². The first-order chi connectivity index (χ1) is 17.5. The lowest BCUT2D eigenvalue weighted by molar-refractivity contribution is -0.384. The number of nitrogens with zero attached hydrogens (tertiary/aromatic N) is 3. The van der Waals surface area contributed by atoms with Gasteiger partial charge in [-0.3, -0.25) is 19.7 Å². The van der Waals surface area contributed by atoms with E-state index in [2.05, 4.69) is 0 Å². The summed E-state index contributed by atoms with van der Waals surface area (Å²) in [5.41, 5.74) is 2.17. The zero-order valence-corrected chi connectivity index (χ0v) is 20.6. The fourth-order valence-electron chi connectivity index (χ4n) is 5.25. The number of hydrogen-bond donors (Lipinski definition) is 0. The molecule has 0 N–H and O–H groups in total. The zero-order valence-electron chi connectivity index (χ0n) is 19.8. The number of carbonyl (C=O) groups excluding carboxylic acids is 2. The highest BCUT2D eigenvalue weighted by Gasteiger charge is 2.47. The highest BCUT2D eigenvalue weighted by molar-refractivity contribution is 8.00. The summed E-state index contributed by atoms with van der Waals surface area (Å²) >= 11 is 1.76. The van der Waals surface area contributed by atoms with Gasteiger partial charge >= 0.3 is 0 Å². The summed E-state index contributed by atoms with van der Waals surface area (Å²) in [4.78, 5) is 41.3. The lowest BCUT2D eigenvalue weighted by atomic mass is 9.89. The van der Waals surface area contributed by atoms with Gasteiger partial charge in [0, 0.05) is 43.1 Å². The molecule has 5 rings (SSSR count). The number of piperidine rings is 1. The Morgan fingerprint density at radius 3 is 2.06 bits per heavy atom. The fraction of sp³-hybridized carbons (Fsp3) is 0.286. The molecular weight excluding hydrogens is 474 g/mol. The number of amides is 2. The number of rotatable bonds is 5. The maximum Gasteiger partial charge on any atom is 0.270 e. The topological polar surface area (TPSA) is 83.8 Å². The van der Waals surface area contributed by atoms with Crippen LogP contribution >= 0.6 is 11.8 Å². The molecule has 3 aromatic carbocycles. The van der Waals surface area contributed by atoms with Crippen molar-refractivity contribution >= 4 is 29.3 Å². The Hall–Kier alpha value is -3.65. The molecule has 0 radical (unpaired) electrons. The van der Waals surface area contributed by atoms with Crippen LogP contribution in [0.15, 0.2) is 84.9 Å². The highest BCUT2D eigenvalue weighted by Crippen LogP contribution is 2.45. The largest absolute Gasteiger partial charge is 0.342 e. The molecule has 36 heavy (non-hydrogen) atoms. The molecule has 2 heterocycles. The summed E-state index contributed by atoms with van der Waals surface area (Å²) in [6, 6.07) is 25.6. The summed E-state index contributed by atoms with van der Waals surface area (Å²) in [6.45, 7) is 1.71. The summed E-state index contributed by atoms with van der Waals surface area (Å²) < 4.78 is 0. The van der Waals surface area contributed by atoms with E-state index in [4.69, 9.17) is 0 Å². The van der Waals surface area contributed by atoms with E-state index in [9.17, 15) is 19.7 Å². The lowest BCUT2D eigenvalue weighted by Crippen LogP contribution is -2.54. The van der Waals surface area contributed by atoms with Gasteiger partial charge in [-0.1, -0.05) is 66.7 Å². The van der Waals surface area contributed by atoms with Crippen LogP contribution in [-0.2, 0) is 4.79 Å². The van der Waals surface area contributed by atoms with Gasteiger partial charge in [0.05, 0.1) is 15.7 Å². The standard InChI is InChI=1S/C28H27N3O4S/c32-26(23-12-7-13-24(20-23)31(34)35)30-18-19-36-28(30)14-16-29(17-15-28)27(33)25(21-8-3-1-4-9-21)22-10-5-2-6-11-22/h1-13,20,25H,14-19H2. The van der Waals surface area contributed by atoms with Gasteiger partial charge in [-0.2, -0.15) is 0 Å². The summed E-state index contributed by atoms with van der Waals surface area (Å²) in [7, 11) is 0. The fourth-order valence-corrected chi connectivity index (χ4v) is 6.70. The van der Waals surface area contributed by atoms with E-state index < -0.39 is 9.79 Å². The molecule has 0 aliphatic carbocycles. The monoisotopic (exact) mass is 501 g/mol. The zero-order chi connectivity index (χ0) is 25.1. The average Bonchev–Trinajstić information content (AvgIpc) is 3.32. The number of hydrogen-bond acceptors (Lipinski definition) is 5. The van der Waals surface area contributed by atoms with Gasteiger partial charge in [-0.15, -0.1) is 11.8 Å². The Bertz CT molecular complexity index is 1220. The van der Waals surface area contributed by atoms with Gasteiger partial charge in [-0.05, 0) is 30.0 Å². The number of non-ortho nitro benzene ring substituents is 1. The molecule has 0 bridgehead atoms. The van der Waals surface area contributed by atoms with Crippen LogP contribution < -0.4 is 0 Å². The Morgan fingerprint density at radius 1 is 0.861 bits per heavy atom. The molecule has 2 aliphatic rings. The Kier molecular flexibility index (Phi) is 6.78. The number of benzene rings is 3. The van der Waals surface area contributed by atoms with Crippen LogP contribution in [0.3, 0.4) is 0 Å². The molecule has 2 fully saturated rings. The first-order valence-corrected chi connectivity index (χ1v) is 13.1. The predicted octanol–water partition coefficient (Wildman–Crippen LogP) is 4.93. The molecule has 0 unspecified atom stereocenters. The van der Waals surface area contributed by atoms with Crippen molar-refractivity contribution in [2.45, 2.75) is 23.6 Å². The number of thioether (sulfide) groups is 1. The van der Waals surface area contributed by atoms with Gasteiger partial charge in [0.2, 0.25) is 5.91 Å². The van der Waals surface area contributed by atoms with Crippen LogP contribution in [-0.4, -0.2) is 56.8 Å². The van der Waals surface area contributed by atoms with Crippen molar-refractivity contribution in [2.75, 3.05) is 25.4 Å². The van der Waals surface area contributed by atoms with Crippen molar-refractivity contribution < 1.29 is 14.5 Å². The first-order valence-electron chi connectivity index (χ1n) is 12.1. The molecule has 0 saturated carbocycles. The first kappa shape index (κ1) is 24.1. The minimum absolute atomic E-state index is 0.0711. The van der Waals surface area contributed by atoms with E-state index in [1.165, 1.54) is 12.1 Å². The Morgan fingerprint density at radius 2 is 1.47 bits per heavy atom. The Balaban J connectivity index is 1.34. The molecule has 1 spiro atoms. The number of nitro groups is 1. The smallest absolute Gasteiger partial charge is 0.270 e. The maximum atomic E-state index is 13.8. The van der Waals surface area contributed by atoms with Crippen LogP contribution in [0.5, 0.6) is 0 Å². The molecular formula is C28H27N3O4S. The predicted molar refractivity (Wildman–Crippen MR) is 140 cm³/mol. The molecule has 2 saturated heterocycles. The SMILES string of the molecule is O=C(C(c1ccccc1)c1ccccc1)N1CCC2(CC1)SCCN2C(=O)c1cccc([N+](=O)[O-])c1. The quantitative estimate of drug-likeness (QED) is 0.366. The van der Waals surface area contributed by atoms with Crippen LogP contribution in [0.2, 0.25) is 0 Å². The van der Waals surface area contributed by atoms with Crippen molar-refractivity contribution in [2.24, 2.45) is 0 Å². The third-order valence-electron chi connectivity index (χ3n) is 7.10. The van der Waals surface area contributed by atoms with Gasteiger partial charge in [0.1, 0.15) is 0 Å². The molecule has 2 amide bonds. The number of carbonyl (C=O) groups is 2. The maximum absolute atomic E-state index is 13.8. The van der Waals surface area contributed by atoms with Crippen LogP contribution in [0.4, 0.5) is 5.69 Å². The van der Waals surface area contributed by atoms with E-state index in [1.807, 2.05) is 70.5 Å². The molecule has 2 aliphatic heterocycles. The van der Waals surface area contributed by atoms with Crippen molar-refractivity contribution in [3.8, 4) is 0 Å². The van der Waals surface area contributed by atoms with E-state index in [-0.39, 0.29) is 23.4 Å². The second-order valence-corrected chi connectivity index (χ2v) is 10.6. The number of likely N-dealkylation sites (tertiary alicyclic amines) is 1. The minimum Gasteiger partial charge on any atom is -0.342 e. The lowest BCUT2D eigenvalue weighted by Gasteiger charge is -2.44. The molecule has 184 valence electrons. The van der Waals surface area contributed by atoms with E-state index in [0.717, 1.165) is 16.9 Å². The second kappa shape index (κ2) is 10.1. The van der Waals surface area contributed by atoms with Gasteiger partial charge in [0.25, 0.3) is 11.6 Å². The third kappa shape index (κ3) is 4.60. The van der Waals surface area contributed by atoms with Gasteiger partial charge in [0.15, 0.2) is 0 Å². The van der Waals surface area contributed by atoms with Gasteiger partial charge in [-0.25, -0.2) is 0 Å². The van der Waals surface area contributed by atoms with Crippen LogP contribution in [0.1, 0.15) is 40.2 Å². The molecule has 8 heteroatoms. The van der Waals surface area contributed by atoms with Crippen molar-refractivity contribution in [1.82, 2.24) is 9.80 Å². The van der Waals surface area contributed by atoms with Crippen LogP contribution in [0.25, 0.3) is 0 Å². The number of nitro benzene ring substituents is 1. The Labute approximate surface area is 214 Å². The van der Waals surface area contributed by atoms with E-state index >= 15 is 0 Å². The normalized spacial score (nSPS) is 16.9. The van der Waals surface area contributed by atoms with E-state index in [1.54, 1.807) is 23.9 Å². The summed E-state index contributed by atoms with van der Waals surface area (Å²) in [6.07, 6.45) is 1.33. The molecule has 7 nitrogen and oxygen atoms in total.